The molecule has 7 atom stereocenters. The highest BCUT2D eigenvalue weighted by atomic mass is 32.2. The van der Waals surface area contributed by atoms with Gasteiger partial charge >= 0.3 is 15.4 Å². The average Bonchev–Trinajstić information content (AvgIpc) is 3.79. The van der Waals surface area contributed by atoms with Gasteiger partial charge < -0.3 is 14.2 Å². The summed E-state index contributed by atoms with van der Waals surface area (Å²) in [4.78, 5) is 3.15. The minimum absolute atomic E-state index is 0.0507. The summed E-state index contributed by atoms with van der Waals surface area (Å²) in [7, 11) is -6.17. The van der Waals surface area contributed by atoms with Crippen molar-refractivity contribution in [2.45, 2.75) is 97.5 Å². The van der Waals surface area contributed by atoms with Crippen molar-refractivity contribution in [1.82, 2.24) is 0 Å². The van der Waals surface area contributed by atoms with Crippen LogP contribution >= 0.6 is 0 Å². The van der Waals surface area contributed by atoms with Gasteiger partial charge in [0.15, 0.2) is 26.6 Å². The van der Waals surface area contributed by atoms with E-state index in [1.807, 2.05) is 31.2 Å². The summed E-state index contributed by atoms with van der Waals surface area (Å²) >= 11 is 0. The zero-order chi connectivity index (χ0) is 34.1. The van der Waals surface area contributed by atoms with Gasteiger partial charge in [-0.25, -0.2) is 0 Å². The molecular formula is C38H45F2O6S2+. The molecule has 48 heavy (non-hydrogen) atoms. The molecule has 3 saturated carbocycles. The van der Waals surface area contributed by atoms with Crippen LogP contribution in [0, 0.1) is 29.1 Å². The molecule has 6 nitrogen and oxygen atoms in total. The summed E-state index contributed by atoms with van der Waals surface area (Å²) in [5.41, 5.74) is 2.31. The van der Waals surface area contributed by atoms with Crippen molar-refractivity contribution in [2.24, 2.45) is 29.1 Å². The number of rotatable bonds is 9. The number of benzene rings is 3. The van der Waals surface area contributed by atoms with E-state index in [-0.39, 0.29) is 11.2 Å². The molecule has 10 heteroatoms. The molecule has 3 aromatic rings. The summed E-state index contributed by atoms with van der Waals surface area (Å²) in [6.07, 6.45) is 4.79. The Morgan fingerprint density at radius 1 is 0.833 bits per heavy atom. The Balaban J connectivity index is 1.17. The van der Waals surface area contributed by atoms with Gasteiger partial charge in [0.25, 0.3) is 0 Å². The Kier molecular flexibility index (Phi) is 8.76. The van der Waals surface area contributed by atoms with Crippen LogP contribution in [0.15, 0.2) is 87.5 Å². The molecule has 1 saturated heterocycles. The third-order valence-corrected chi connectivity index (χ3v) is 14.5. The lowest BCUT2D eigenvalue weighted by Gasteiger charge is -2.41. The summed E-state index contributed by atoms with van der Waals surface area (Å²) in [6, 6.07) is 24.2. The molecule has 1 N–H and O–H groups in total. The average molecular weight is 700 g/mol. The van der Waals surface area contributed by atoms with Crippen LogP contribution in [0.3, 0.4) is 0 Å². The van der Waals surface area contributed by atoms with Gasteiger partial charge in [0.05, 0.1) is 24.1 Å². The van der Waals surface area contributed by atoms with E-state index in [0.717, 1.165) is 50.8 Å². The zero-order valence-electron chi connectivity index (χ0n) is 27.9. The summed E-state index contributed by atoms with van der Waals surface area (Å²) in [5.74, 6) is 3.40. The first-order chi connectivity index (χ1) is 22.7. The molecule has 1 heterocycles. The topological polar surface area (TPSA) is 82.1 Å². The SMILES string of the molecule is CC(Oc1ccc([S+](c2ccc(C3CC4CC3C3CCCC43)cc2)c2ccc(C3(C)OCC(C)(C)CO3)cc2)cc1)C(F)(F)S(=O)(=O)O. The van der Waals surface area contributed by atoms with Crippen LogP contribution in [0.2, 0.25) is 0 Å². The molecule has 4 aliphatic rings. The molecule has 3 aromatic carbocycles. The lowest BCUT2D eigenvalue weighted by atomic mass is 9.73. The summed E-state index contributed by atoms with van der Waals surface area (Å²) in [6.45, 7) is 8.28. The quantitative estimate of drug-likeness (QED) is 0.178. The number of fused-ring (bicyclic) bond motifs is 5. The largest absolute Gasteiger partial charge is 0.483 e. The van der Waals surface area contributed by atoms with Crippen LogP contribution in [0.5, 0.6) is 5.75 Å². The van der Waals surface area contributed by atoms with Crippen molar-refractivity contribution in [3.8, 4) is 5.75 Å². The lowest BCUT2D eigenvalue weighted by Crippen LogP contribution is -2.43. The molecule has 0 amide bonds. The lowest BCUT2D eigenvalue weighted by molar-refractivity contribution is -0.298. The molecule has 0 radical (unpaired) electrons. The van der Waals surface area contributed by atoms with Crippen molar-refractivity contribution < 1.29 is 36.0 Å². The standard InChI is InChI=1S/C38H44F2O6S2/c1-24(38(39,40)48(41,42)43)46-28-12-18-31(19-13-28)47(30-16-10-27(11-17-30)37(4)44-22-36(2,3)23-45-37)29-14-8-25(9-15-29)34-20-26-21-35(34)33-7-5-6-32(26)33/h8-19,24,26,32-35H,5-7,20-23H2,1-4H3/p+1. The van der Waals surface area contributed by atoms with Crippen LogP contribution in [-0.2, 0) is 36.3 Å². The monoisotopic (exact) mass is 699 g/mol. The minimum atomic E-state index is -5.63. The van der Waals surface area contributed by atoms with Crippen LogP contribution in [0.4, 0.5) is 8.78 Å². The van der Waals surface area contributed by atoms with Gasteiger partial charge in [-0.2, -0.15) is 17.2 Å². The highest BCUT2D eigenvalue weighted by Crippen LogP contribution is 2.63. The summed E-state index contributed by atoms with van der Waals surface area (Å²) < 4.78 is 77.4. The van der Waals surface area contributed by atoms with Gasteiger partial charge in [-0.05, 0) is 135 Å². The van der Waals surface area contributed by atoms with E-state index in [9.17, 15) is 17.2 Å². The first-order valence-electron chi connectivity index (χ1n) is 17.0. The van der Waals surface area contributed by atoms with Crippen LogP contribution in [0.25, 0.3) is 0 Å². The number of alkyl halides is 2. The molecule has 4 fully saturated rings. The fourth-order valence-electron chi connectivity index (χ4n) is 8.66. The Bertz CT molecular complexity index is 1720. The fraction of sp³-hybridized carbons (Fsp3) is 0.526. The molecule has 7 rings (SSSR count). The Morgan fingerprint density at radius 2 is 1.38 bits per heavy atom. The molecule has 0 aromatic heterocycles. The van der Waals surface area contributed by atoms with Crippen molar-refractivity contribution >= 4 is 21.0 Å². The maximum atomic E-state index is 14.2. The van der Waals surface area contributed by atoms with Crippen molar-refractivity contribution in [3.63, 3.8) is 0 Å². The third kappa shape index (κ3) is 6.21. The first-order valence-corrected chi connectivity index (χ1v) is 19.7. The molecular weight excluding hydrogens is 655 g/mol. The Labute approximate surface area is 285 Å². The Hall–Kier alpha value is -2.50. The molecule has 1 aliphatic heterocycles. The maximum Gasteiger partial charge on any atom is 0.405 e. The van der Waals surface area contributed by atoms with Crippen molar-refractivity contribution in [1.29, 1.82) is 0 Å². The number of hydrogen-bond acceptors (Lipinski definition) is 5. The Morgan fingerprint density at radius 3 is 1.96 bits per heavy atom. The second-order valence-corrected chi connectivity index (χ2v) is 18.6. The highest BCUT2D eigenvalue weighted by molar-refractivity contribution is 7.97. The van der Waals surface area contributed by atoms with E-state index in [1.165, 1.54) is 37.7 Å². The smallest absolute Gasteiger partial charge is 0.405 e. The third-order valence-electron chi connectivity index (χ3n) is 11.3. The van der Waals surface area contributed by atoms with E-state index < -0.39 is 38.2 Å². The predicted octanol–water partition coefficient (Wildman–Crippen LogP) is 8.82. The van der Waals surface area contributed by atoms with E-state index in [0.29, 0.717) is 19.1 Å². The molecule has 0 spiro atoms. The van der Waals surface area contributed by atoms with Crippen LogP contribution < -0.4 is 4.74 Å². The highest BCUT2D eigenvalue weighted by Gasteiger charge is 2.54. The number of ether oxygens (including phenoxy) is 3. The number of hydrogen-bond donors (Lipinski definition) is 1. The van der Waals surface area contributed by atoms with Crippen LogP contribution in [-0.4, -0.2) is 37.5 Å². The van der Waals surface area contributed by atoms with Gasteiger partial charge in [-0.15, -0.1) is 0 Å². The van der Waals surface area contributed by atoms with Crippen LogP contribution in [0.1, 0.15) is 76.8 Å². The fourth-order valence-corrected chi connectivity index (χ4v) is 11.2. The first kappa shape index (κ1) is 34.0. The van der Waals surface area contributed by atoms with Gasteiger partial charge in [0, 0.05) is 11.0 Å². The van der Waals surface area contributed by atoms with Crippen molar-refractivity contribution in [3.05, 3.63) is 83.9 Å². The van der Waals surface area contributed by atoms with Gasteiger partial charge in [-0.3, -0.25) is 4.55 Å². The van der Waals surface area contributed by atoms with E-state index in [4.69, 9.17) is 18.8 Å². The van der Waals surface area contributed by atoms with E-state index in [2.05, 4.69) is 50.2 Å². The second kappa shape index (κ2) is 12.4. The zero-order valence-corrected chi connectivity index (χ0v) is 29.5. The van der Waals surface area contributed by atoms with Crippen molar-refractivity contribution in [2.75, 3.05) is 13.2 Å². The molecule has 3 aliphatic carbocycles. The minimum Gasteiger partial charge on any atom is -0.483 e. The predicted molar refractivity (Wildman–Crippen MR) is 181 cm³/mol. The normalized spacial score (nSPS) is 28.9. The van der Waals surface area contributed by atoms with E-state index in [1.54, 1.807) is 12.1 Å². The molecule has 7 unspecified atom stereocenters. The van der Waals surface area contributed by atoms with Gasteiger partial charge in [-0.1, -0.05) is 32.4 Å². The summed E-state index contributed by atoms with van der Waals surface area (Å²) in [5, 5.41) is -4.45. The molecule has 2 bridgehead atoms. The van der Waals surface area contributed by atoms with Gasteiger partial charge in [0.1, 0.15) is 5.75 Å². The second-order valence-electron chi connectivity index (χ2n) is 15.1. The maximum absolute atomic E-state index is 14.2. The van der Waals surface area contributed by atoms with Gasteiger partial charge in [0.2, 0.25) is 0 Å². The number of halogens is 2. The van der Waals surface area contributed by atoms with E-state index >= 15 is 0 Å². The molecule has 258 valence electrons.